The summed E-state index contributed by atoms with van der Waals surface area (Å²) in [5, 5.41) is 3.77. The fraction of sp³-hybridized carbons (Fsp3) is 1.00. The van der Waals surface area contributed by atoms with Crippen LogP contribution in [0.4, 0.5) is 0 Å². The maximum atomic E-state index is 3.77. The molecular weight excluding hydrogens is 158 g/mol. The maximum absolute atomic E-state index is 3.77. The Labute approximate surface area is 82.3 Å². The minimum absolute atomic E-state index is 0.560. The largest absolute Gasteiger partial charge is 0.311 e. The van der Waals surface area contributed by atoms with E-state index >= 15 is 0 Å². The Morgan fingerprint density at radius 2 is 1.62 bits per heavy atom. The van der Waals surface area contributed by atoms with Crippen LogP contribution in [-0.4, -0.2) is 12.1 Å². The summed E-state index contributed by atoms with van der Waals surface area (Å²) >= 11 is 0. The molecule has 2 fully saturated rings. The van der Waals surface area contributed by atoms with Crippen molar-refractivity contribution in [2.45, 2.75) is 65.0 Å². The molecule has 0 saturated heterocycles. The maximum Gasteiger partial charge on any atom is 0.00749 e. The number of hydrogen-bond acceptors (Lipinski definition) is 1. The van der Waals surface area contributed by atoms with Crippen LogP contribution in [0.1, 0.15) is 52.9 Å². The molecule has 2 aliphatic rings. The third kappa shape index (κ3) is 2.25. The topological polar surface area (TPSA) is 12.0 Å². The SMILES string of the molecule is CC1CC[C@@H](NC2CC2)CC1(C)C. The lowest BCUT2D eigenvalue weighted by Crippen LogP contribution is -2.41. The first kappa shape index (κ1) is 9.51. The lowest BCUT2D eigenvalue weighted by Gasteiger charge is -2.41. The Bertz CT molecular complexity index is 182. The Kier molecular flexibility index (Phi) is 2.39. The van der Waals surface area contributed by atoms with Crippen LogP contribution in [0.5, 0.6) is 0 Å². The highest BCUT2D eigenvalue weighted by Gasteiger charge is 2.35. The van der Waals surface area contributed by atoms with Gasteiger partial charge in [0.05, 0.1) is 0 Å². The summed E-state index contributed by atoms with van der Waals surface area (Å²) in [6, 6.07) is 1.70. The first-order chi connectivity index (χ1) is 6.08. The van der Waals surface area contributed by atoms with Gasteiger partial charge in [-0.05, 0) is 43.4 Å². The molecule has 13 heavy (non-hydrogen) atoms. The number of rotatable bonds is 2. The Hall–Kier alpha value is -0.0400. The van der Waals surface area contributed by atoms with E-state index in [1.165, 1.54) is 32.1 Å². The van der Waals surface area contributed by atoms with Crippen molar-refractivity contribution >= 4 is 0 Å². The molecule has 0 amide bonds. The van der Waals surface area contributed by atoms with Crippen molar-refractivity contribution in [1.82, 2.24) is 5.32 Å². The van der Waals surface area contributed by atoms with Crippen molar-refractivity contribution in [2.24, 2.45) is 11.3 Å². The van der Waals surface area contributed by atoms with Crippen LogP contribution in [0, 0.1) is 11.3 Å². The molecule has 0 aromatic heterocycles. The van der Waals surface area contributed by atoms with E-state index in [0.717, 1.165) is 18.0 Å². The van der Waals surface area contributed by atoms with E-state index in [0.29, 0.717) is 5.41 Å². The lowest BCUT2D eigenvalue weighted by molar-refractivity contribution is 0.123. The van der Waals surface area contributed by atoms with Gasteiger partial charge >= 0.3 is 0 Å². The van der Waals surface area contributed by atoms with Gasteiger partial charge in [-0.25, -0.2) is 0 Å². The molecule has 1 heteroatoms. The van der Waals surface area contributed by atoms with E-state index in [4.69, 9.17) is 0 Å². The summed E-state index contributed by atoms with van der Waals surface area (Å²) in [4.78, 5) is 0. The van der Waals surface area contributed by atoms with Crippen LogP contribution in [0.3, 0.4) is 0 Å². The van der Waals surface area contributed by atoms with Crippen molar-refractivity contribution < 1.29 is 0 Å². The summed E-state index contributed by atoms with van der Waals surface area (Å²) < 4.78 is 0. The van der Waals surface area contributed by atoms with Crippen LogP contribution in [0.15, 0.2) is 0 Å². The molecule has 2 atom stereocenters. The zero-order valence-corrected chi connectivity index (χ0v) is 9.27. The predicted octanol–water partition coefficient (Wildman–Crippen LogP) is 2.95. The normalized spacial score (nSPS) is 39.0. The third-order valence-corrected chi connectivity index (χ3v) is 4.10. The molecule has 76 valence electrons. The minimum Gasteiger partial charge on any atom is -0.311 e. The second-order valence-corrected chi connectivity index (χ2v) is 5.81. The van der Waals surface area contributed by atoms with Crippen LogP contribution < -0.4 is 5.32 Å². The average Bonchev–Trinajstić information content (AvgIpc) is 2.80. The first-order valence-corrected chi connectivity index (χ1v) is 5.84. The van der Waals surface area contributed by atoms with Crippen LogP contribution in [0.2, 0.25) is 0 Å². The molecule has 0 aromatic carbocycles. The van der Waals surface area contributed by atoms with Crippen LogP contribution in [0.25, 0.3) is 0 Å². The van der Waals surface area contributed by atoms with Crippen molar-refractivity contribution in [3.8, 4) is 0 Å². The summed E-state index contributed by atoms with van der Waals surface area (Å²) in [5.74, 6) is 0.907. The smallest absolute Gasteiger partial charge is 0.00749 e. The molecule has 0 aliphatic heterocycles. The van der Waals surface area contributed by atoms with Gasteiger partial charge < -0.3 is 5.32 Å². The van der Waals surface area contributed by atoms with E-state index < -0.39 is 0 Å². The molecule has 1 N–H and O–H groups in total. The molecule has 0 spiro atoms. The van der Waals surface area contributed by atoms with E-state index in [2.05, 4.69) is 26.1 Å². The molecule has 2 rings (SSSR count). The lowest BCUT2D eigenvalue weighted by atomic mass is 9.68. The van der Waals surface area contributed by atoms with Crippen LogP contribution >= 0.6 is 0 Å². The number of hydrogen-bond donors (Lipinski definition) is 1. The second kappa shape index (κ2) is 3.27. The average molecular weight is 181 g/mol. The van der Waals surface area contributed by atoms with Crippen molar-refractivity contribution in [2.75, 3.05) is 0 Å². The zero-order valence-electron chi connectivity index (χ0n) is 9.27. The molecule has 0 heterocycles. The molecule has 0 radical (unpaired) electrons. The quantitative estimate of drug-likeness (QED) is 0.690. The molecule has 0 bridgehead atoms. The van der Waals surface area contributed by atoms with Gasteiger partial charge in [-0.3, -0.25) is 0 Å². The highest BCUT2D eigenvalue weighted by molar-refractivity contribution is 4.92. The fourth-order valence-corrected chi connectivity index (χ4v) is 2.51. The summed E-state index contributed by atoms with van der Waals surface area (Å²) in [6.45, 7) is 7.27. The van der Waals surface area contributed by atoms with Gasteiger partial charge in [-0.2, -0.15) is 0 Å². The van der Waals surface area contributed by atoms with Gasteiger partial charge in [0.2, 0.25) is 0 Å². The van der Waals surface area contributed by atoms with E-state index in [1.807, 2.05) is 0 Å². The molecule has 2 saturated carbocycles. The van der Waals surface area contributed by atoms with E-state index in [1.54, 1.807) is 0 Å². The Morgan fingerprint density at radius 3 is 2.15 bits per heavy atom. The molecule has 1 nitrogen and oxygen atoms in total. The zero-order chi connectivity index (χ0) is 9.47. The molecule has 2 aliphatic carbocycles. The summed E-state index contributed by atoms with van der Waals surface area (Å²) in [5.41, 5.74) is 0.560. The number of nitrogens with one attached hydrogen (secondary N) is 1. The highest BCUT2D eigenvalue weighted by atomic mass is 15.0. The predicted molar refractivity (Wildman–Crippen MR) is 56.7 cm³/mol. The molecule has 1 unspecified atom stereocenters. The van der Waals surface area contributed by atoms with Crippen molar-refractivity contribution in [1.29, 1.82) is 0 Å². The van der Waals surface area contributed by atoms with Gasteiger partial charge in [-0.1, -0.05) is 20.8 Å². The van der Waals surface area contributed by atoms with Gasteiger partial charge in [0.1, 0.15) is 0 Å². The monoisotopic (exact) mass is 181 g/mol. The van der Waals surface area contributed by atoms with Gasteiger partial charge in [0.15, 0.2) is 0 Å². The second-order valence-electron chi connectivity index (χ2n) is 5.81. The van der Waals surface area contributed by atoms with Crippen molar-refractivity contribution in [3.05, 3.63) is 0 Å². The molecular formula is C12H23N. The Morgan fingerprint density at radius 1 is 1.00 bits per heavy atom. The third-order valence-electron chi connectivity index (χ3n) is 4.10. The van der Waals surface area contributed by atoms with Gasteiger partial charge in [-0.15, -0.1) is 0 Å². The summed E-state index contributed by atoms with van der Waals surface area (Å²) in [6.07, 6.45) is 7.04. The highest BCUT2D eigenvalue weighted by Crippen LogP contribution is 2.40. The summed E-state index contributed by atoms with van der Waals surface area (Å²) in [7, 11) is 0. The van der Waals surface area contributed by atoms with E-state index in [-0.39, 0.29) is 0 Å². The first-order valence-electron chi connectivity index (χ1n) is 5.84. The Balaban J connectivity index is 1.86. The fourth-order valence-electron chi connectivity index (χ4n) is 2.51. The van der Waals surface area contributed by atoms with Crippen LogP contribution in [-0.2, 0) is 0 Å². The van der Waals surface area contributed by atoms with Gasteiger partial charge in [0, 0.05) is 12.1 Å². The van der Waals surface area contributed by atoms with Gasteiger partial charge in [0.25, 0.3) is 0 Å². The van der Waals surface area contributed by atoms with E-state index in [9.17, 15) is 0 Å². The van der Waals surface area contributed by atoms with Crippen molar-refractivity contribution in [3.63, 3.8) is 0 Å². The molecule has 0 aromatic rings. The standard InChI is InChI=1S/C12H23N/c1-9-4-5-11(8-12(9,2)3)13-10-6-7-10/h9-11,13H,4-8H2,1-3H3/t9?,11-/m1/s1. The minimum atomic E-state index is 0.560.